The second kappa shape index (κ2) is 5.94. The van der Waals surface area contributed by atoms with Gasteiger partial charge < -0.3 is 4.74 Å². The number of carbonyl (C=O) groups is 1. The Balaban J connectivity index is 1.86. The predicted octanol–water partition coefficient (Wildman–Crippen LogP) is 4.04. The fraction of sp³-hybridized carbons (Fsp3) is 0.0588. The van der Waals surface area contributed by atoms with Crippen LogP contribution in [0.1, 0.15) is 5.56 Å². The highest BCUT2D eigenvalue weighted by Gasteiger charge is 2.11. The molecule has 0 N–H and O–H groups in total. The number of ether oxygens (including phenoxy) is 1. The minimum Gasteiger partial charge on any atom is -0.425 e. The third-order valence-corrected chi connectivity index (χ3v) is 3.26. The molecule has 2 aromatic carbocycles. The Morgan fingerprint density at radius 1 is 1.05 bits per heavy atom. The highest BCUT2D eigenvalue weighted by Crippen LogP contribution is 2.27. The maximum absolute atomic E-state index is 12.1. The van der Waals surface area contributed by atoms with Gasteiger partial charge in [0.1, 0.15) is 10.9 Å². The fourth-order valence-electron chi connectivity index (χ4n) is 2.12. The van der Waals surface area contributed by atoms with Crippen molar-refractivity contribution < 1.29 is 9.53 Å². The van der Waals surface area contributed by atoms with Crippen LogP contribution < -0.4 is 4.74 Å². The van der Waals surface area contributed by atoms with E-state index in [0.717, 1.165) is 10.9 Å². The number of benzene rings is 2. The number of aromatic nitrogens is 1. The van der Waals surface area contributed by atoms with Gasteiger partial charge in [-0.3, -0.25) is 4.79 Å². The third-order valence-electron chi connectivity index (χ3n) is 3.06. The van der Waals surface area contributed by atoms with E-state index in [9.17, 15) is 4.79 Å². The molecule has 0 atom stereocenters. The molecule has 0 amide bonds. The Morgan fingerprint density at radius 3 is 2.57 bits per heavy atom. The van der Waals surface area contributed by atoms with Gasteiger partial charge in [0.15, 0.2) is 0 Å². The van der Waals surface area contributed by atoms with Crippen LogP contribution in [0.3, 0.4) is 0 Å². The number of carbonyl (C=O) groups excluding carboxylic acids is 1. The molecule has 3 rings (SSSR count). The van der Waals surface area contributed by atoms with Crippen LogP contribution in [-0.2, 0) is 11.2 Å². The summed E-state index contributed by atoms with van der Waals surface area (Å²) in [6.45, 7) is 0. The van der Waals surface area contributed by atoms with E-state index in [1.807, 2.05) is 54.6 Å². The molecule has 3 nitrogen and oxygen atoms in total. The summed E-state index contributed by atoms with van der Waals surface area (Å²) < 4.78 is 5.45. The Labute approximate surface area is 127 Å². The van der Waals surface area contributed by atoms with Crippen molar-refractivity contribution in [3.63, 3.8) is 0 Å². The summed E-state index contributed by atoms with van der Waals surface area (Å²) in [4.78, 5) is 16.3. The molecule has 0 aliphatic heterocycles. The average Bonchev–Trinajstić information content (AvgIpc) is 2.48. The van der Waals surface area contributed by atoms with Crippen LogP contribution in [-0.4, -0.2) is 11.0 Å². The van der Waals surface area contributed by atoms with Crippen molar-refractivity contribution in [3.05, 3.63) is 71.4 Å². The van der Waals surface area contributed by atoms with Crippen LogP contribution in [0.5, 0.6) is 5.75 Å². The molecule has 21 heavy (non-hydrogen) atoms. The zero-order chi connectivity index (χ0) is 14.7. The topological polar surface area (TPSA) is 39.2 Å². The van der Waals surface area contributed by atoms with E-state index in [1.165, 1.54) is 0 Å². The van der Waals surface area contributed by atoms with E-state index < -0.39 is 0 Å². The number of esters is 1. The van der Waals surface area contributed by atoms with Crippen molar-refractivity contribution >= 4 is 28.5 Å². The summed E-state index contributed by atoms with van der Waals surface area (Å²) in [7, 11) is 0. The number of para-hydroxylation sites is 1. The summed E-state index contributed by atoms with van der Waals surface area (Å²) >= 11 is 5.97. The summed E-state index contributed by atoms with van der Waals surface area (Å²) in [6.07, 6.45) is 0.217. The summed E-state index contributed by atoms with van der Waals surface area (Å²) in [6, 6.07) is 18.4. The van der Waals surface area contributed by atoms with E-state index in [2.05, 4.69) is 4.98 Å². The van der Waals surface area contributed by atoms with Gasteiger partial charge in [-0.05, 0) is 17.7 Å². The lowest BCUT2D eigenvalue weighted by Gasteiger charge is -2.08. The molecule has 0 saturated carbocycles. The van der Waals surface area contributed by atoms with Crippen molar-refractivity contribution in [2.45, 2.75) is 6.42 Å². The second-order valence-corrected chi connectivity index (χ2v) is 4.98. The quantitative estimate of drug-likeness (QED) is 0.541. The molecule has 0 bridgehead atoms. The Bertz CT molecular complexity index is 787. The van der Waals surface area contributed by atoms with Gasteiger partial charge in [0.05, 0.1) is 11.9 Å². The zero-order valence-corrected chi connectivity index (χ0v) is 11.9. The highest BCUT2D eigenvalue weighted by molar-refractivity contribution is 6.30. The van der Waals surface area contributed by atoms with Crippen molar-refractivity contribution in [2.75, 3.05) is 0 Å². The maximum Gasteiger partial charge on any atom is 0.315 e. The lowest BCUT2D eigenvalue weighted by molar-refractivity contribution is -0.133. The van der Waals surface area contributed by atoms with E-state index in [4.69, 9.17) is 16.3 Å². The number of pyridine rings is 1. The lowest BCUT2D eigenvalue weighted by Crippen LogP contribution is -2.11. The van der Waals surface area contributed by atoms with Crippen molar-refractivity contribution in [2.24, 2.45) is 0 Å². The smallest absolute Gasteiger partial charge is 0.315 e. The lowest BCUT2D eigenvalue weighted by atomic mass is 10.1. The van der Waals surface area contributed by atoms with Gasteiger partial charge in [0, 0.05) is 11.5 Å². The molecule has 104 valence electrons. The van der Waals surface area contributed by atoms with Crippen LogP contribution in [0.4, 0.5) is 0 Å². The maximum atomic E-state index is 12.1. The van der Waals surface area contributed by atoms with Crippen LogP contribution in [0.25, 0.3) is 10.9 Å². The highest BCUT2D eigenvalue weighted by atomic mass is 35.5. The number of fused-ring (bicyclic) bond motifs is 1. The minimum atomic E-state index is -0.325. The molecule has 4 heteroatoms. The average molecular weight is 298 g/mol. The zero-order valence-electron chi connectivity index (χ0n) is 11.1. The Kier molecular flexibility index (Phi) is 3.84. The minimum absolute atomic E-state index is 0.217. The number of hydrogen-bond acceptors (Lipinski definition) is 3. The molecule has 0 aliphatic carbocycles. The van der Waals surface area contributed by atoms with Gasteiger partial charge in [0.2, 0.25) is 0 Å². The third kappa shape index (κ3) is 3.20. The molecule has 1 heterocycles. The van der Waals surface area contributed by atoms with Crippen molar-refractivity contribution in [1.82, 2.24) is 4.98 Å². The molecule has 0 spiro atoms. The summed E-state index contributed by atoms with van der Waals surface area (Å²) in [5, 5.41) is 1.07. The molecule has 0 unspecified atom stereocenters. The van der Waals surface area contributed by atoms with E-state index in [1.54, 1.807) is 6.07 Å². The largest absolute Gasteiger partial charge is 0.425 e. The number of nitrogens with zero attached hydrogens (tertiary/aromatic N) is 1. The van der Waals surface area contributed by atoms with Gasteiger partial charge in [-0.1, -0.05) is 54.1 Å². The van der Waals surface area contributed by atoms with Crippen molar-refractivity contribution in [3.8, 4) is 5.75 Å². The molecular weight excluding hydrogens is 286 g/mol. The molecular formula is C17H12ClNO2. The van der Waals surface area contributed by atoms with Crippen LogP contribution in [0, 0.1) is 0 Å². The first-order valence-electron chi connectivity index (χ1n) is 6.52. The van der Waals surface area contributed by atoms with Crippen molar-refractivity contribution in [1.29, 1.82) is 0 Å². The normalized spacial score (nSPS) is 10.5. The molecule has 0 fully saturated rings. The van der Waals surface area contributed by atoms with E-state index in [-0.39, 0.29) is 12.4 Å². The standard InChI is InChI=1S/C17H12ClNO2/c18-16-11-15(13-8-4-5-9-14(13)19-16)21-17(20)10-12-6-2-1-3-7-12/h1-9,11H,10H2. The number of hydrogen-bond donors (Lipinski definition) is 0. The Hall–Kier alpha value is -2.39. The molecule has 3 aromatic rings. The predicted molar refractivity (Wildman–Crippen MR) is 82.5 cm³/mol. The SMILES string of the molecule is O=C(Cc1ccccc1)Oc1cc(Cl)nc2ccccc12. The molecule has 1 aromatic heterocycles. The first kappa shape index (κ1) is 13.6. The monoisotopic (exact) mass is 297 g/mol. The second-order valence-electron chi connectivity index (χ2n) is 4.60. The van der Waals surface area contributed by atoms with Gasteiger partial charge in [-0.2, -0.15) is 0 Å². The molecule has 0 saturated heterocycles. The first-order valence-corrected chi connectivity index (χ1v) is 6.90. The van der Waals surface area contributed by atoms with Gasteiger partial charge in [-0.15, -0.1) is 0 Å². The summed E-state index contributed by atoms with van der Waals surface area (Å²) in [5.41, 5.74) is 1.61. The fourth-order valence-corrected chi connectivity index (χ4v) is 2.31. The van der Waals surface area contributed by atoms with Crippen LogP contribution in [0.2, 0.25) is 5.15 Å². The van der Waals surface area contributed by atoms with E-state index in [0.29, 0.717) is 16.4 Å². The first-order chi connectivity index (χ1) is 10.2. The van der Waals surface area contributed by atoms with Gasteiger partial charge in [-0.25, -0.2) is 4.98 Å². The number of halogens is 1. The number of rotatable bonds is 3. The molecule has 0 radical (unpaired) electrons. The van der Waals surface area contributed by atoms with E-state index >= 15 is 0 Å². The van der Waals surface area contributed by atoms with Crippen LogP contribution >= 0.6 is 11.6 Å². The van der Waals surface area contributed by atoms with Gasteiger partial charge >= 0.3 is 5.97 Å². The van der Waals surface area contributed by atoms with Crippen LogP contribution in [0.15, 0.2) is 60.7 Å². The summed E-state index contributed by atoms with van der Waals surface area (Å²) in [5.74, 6) is 0.111. The van der Waals surface area contributed by atoms with Gasteiger partial charge in [0.25, 0.3) is 0 Å². The Morgan fingerprint density at radius 2 is 1.76 bits per heavy atom. The molecule has 0 aliphatic rings.